The van der Waals surface area contributed by atoms with Crippen molar-refractivity contribution in [3.05, 3.63) is 35.2 Å². The summed E-state index contributed by atoms with van der Waals surface area (Å²) in [5.41, 5.74) is 2.41. The van der Waals surface area contributed by atoms with Crippen molar-refractivity contribution in [1.29, 1.82) is 0 Å². The van der Waals surface area contributed by atoms with Crippen LogP contribution in [0.5, 0.6) is 0 Å². The second-order valence-electron chi connectivity index (χ2n) is 8.35. The minimum atomic E-state index is -3.07. The van der Waals surface area contributed by atoms with E-state index in [-0.39, 0.29) is 29.7 Å². The van der Waals surface area contributed by atoms with E-state index in [1.54, 1.807) is 12.1 Å². The zero-order valence-electron chi connectivity index (χ0n) is 17.1. The molecular formula is C20H27N5O4S. The van der Waals surface area contributed by atoms with Crippen LogP contribution in [-0.4, -0.2) is 41.8 Å². The number of aromatic nitrogens is 3. The van der Waals surface area contributed by atoms with Crippen molar-refractivity contribution >= 4 is 27.6 Å². The Kier molecular flexibility index (Phi) is 5.68. The van der Waals surface area contributed by atoms with E-state index in [0.29, 0.717) is 23.2 Å². The number of carbonyl (C=O) groups is 1. The first-order valence-corrected chi connectivity index (χ1v) is 12.1. The van der Waals surface area contributed by atoms with Gasteiger partial charge in [0.2, 0.25) is 0 Å². The van der Waals surface area contributed by atoms with Crippen LogP contribution in [0.15, 0.2) is 18.2 Å². The third kappa shape index (κ3) is 4.92. The highest BCUT2D eigenvalue weighted by Crippen LogP contribution is 2.34. The number of aromatic amines is 1. The normalized spacial score (nSPS) is 22.5. The number of amides is 1. The summed E-state index contributed by atoms with van der Waals surface area (Å²) >= 11 is 0. The summed E-state index contributed by atoms with van der Waals surface area (Å²) in [5, 5.41) is 13.3. The number of alkyl carbamates (subject to hydrolysis) is 1. The highest BCUT2D eigenvalue weighted by atomic mass is 32.2. The Morgan fingerprint density at radius 2 is 1.93 bits per heavy atom. The first kappa shape index (κ1) is 20.6. The summed E-state index contributed by atoms with van der Waals surface area (Å²) in [6.07, 6.45) is 3.06. The average Bonchev–Trinajstić information content (AvgIpc) is 3.24. The molecule has 2 aliphatic rings. The van der Waals surface area contributed by atoms with Crippen molar-refractivity contribution in [2.24, 2.45) is 0 Å². The Hall–Kier alpha value is -2.62. The Morgan fingerprint density at radius 1 is 1.17 bits per heavy atom. The van der Waals surface area contributed by atoms with Gasteiger partial charge in [-0.2, -0.15) is 5.10 Å². The zero-order valence-corrected chi connectivity index (χ0v) is 18.0. The summed E-state index contributed by atoms with van der Waals surface area (Å²) < 4.78 is 29.0. The Balaban J connectivity index is 1.32. The third-order valence-corrected chi connectivity index (χ3v) is 6.91. The van der Waals surface area contributed by atoms with Gasteiger partial charge < -0.3 is 15.4 Å². The Morgan fingerprint density at radius 3 is 2.67 bits per heavy atom. The molecule has 9 nitrogen and oxygen atoms in total. The van der Waals surface area contributed by atoms with Crippen LogP contribution in [0.2, 0.25) is 0 Å². The minimum Gasteiger partial charge on any atom is -0.446 e. The fraction of sp³-hybridized carbons (Fsp3) is 0.550. The first-order chi connectivity index (χ1) is 14.3. The van der Waals surface area contributed by atoms with Crippen molar-refractivity contribution in [2.45, 2.75) is 69.1 Å². The van der Waals surface area contributed by atoms with E-state index in [1.807, 2.05) is 19.9 Å². The van der Waals surface area contributed by atoms with E-state index in [1.165, 1.54) is 0 Å². The van der Waals surface area contributed by atoms with Gasteiger partial charge in [0.05, 0.1) is 17.2 Å². The molecule has 1 amide bonds. The number of anilines is 2. The van der Waals surface area contributed by atoms with Crippen LogP contribution in [0.25, 0.3) is 0 Å². The maximum absolute atomic E-state index is 11.8. The molecule has 0 spiro atoms. The predicted octanol–water partition coefficient (Wildman–Crippen LogP) is 3.14. The van der Waals surface area contributed by atoms with Crippen molar-refractivity contribution in [3.8, 4) is 0 Å². The topological polar surface area (TPSA) is 126 Å². The molecule has 0 bridgehead atoms. The lowest BCUT2D eigenvalue weighted by molar-refractivity contribution is 0.0697. The number of nitrogens with zero attached hydrogens (tertiary/aromatic N) is 2. The van der Waals surface area contributed by atoms with Crippen molar-refractivity contribution in [2.75, 3.05) is 5.32 Å². The molecule has 0 radical (unpaired) electrons. The number of rotatable bonds is 5. The van der Waals surface area contributed by atoms with Gasteiger partial charge in [-0.15, -0.1) is 0 Å². The molecule has 162 valence electrons. The maximum Gasteiger partial charge on any atom is 0.407 e. The van der Waals surface area contributed by atoms with Crippen molar-refractivity contribution < 1.29 is 17.9 Å². The Labute approximate surface area is 175 Å². The molecule has 1 fully saturated rings. The van der Waals surface area contributed by atoms with E-state index in [4.69, 9.17) is 4.74 Å². The molecule has 3 heterocycles. The average molecular weight is 434 g/mol. The van der Waals surface area contributed by atoms with E-state index >= 15 is 0 Å². The molecule has 1 aliphatic carbocycles. The highest BCUT2D eigenvalue weighted by molar-refractivity contribution is 7.90. The molecule has 0 saturated heterocycles. The van der Waals surface area contributed by atoms with Gasteiger partial charge in [0.25, 0.3) is 0 Å². The number of hydrogen-bond donors (Lipinski definition) is 3. The molecule has 1 aliphatic heterocycles. The molecule has 1 saturated carbocycles. The van der Waals surface area contributed by atoms with Crippen molar-refractivity contribution in [1.82, 2.24) is 20.5 Å². The molecule has 3 N–H and O–H groups in total. The molecule has 0 unspecified atom stereocenters. The quantitative estimate of drug-likeness (QED) is 0.661. The molecule has 30 heavy (non-hydrogen) atoms. The van der Waals surface area contributed by atoms with Crippen LogP contribution in [-0.2, 0) is 26.1 Å². The van der Waals surface area contributed by atoms with Crippen LogP contribution in [0, 0.1) is 0 Å². The van der Waals surface area contributed by atoms with Gasteiger partial charge in [-0.3, -0.25) is 5.10 Å². The summed E-state index contributed by atoms with van der Waals surface area (Å²) in [6.45, 7) is 3.81. The summed E-state index contributed by atoms with van der Waals surface area (Å²) in [5.74, 6) is 1.61. The number of nitrogens with one attached hydrogen (secondary N) is 3. The van der Waals surface area contributed by atoms with Gasteiger partial charge in [0.1, 0.15) is 11.9 Å². The van der Waals surface area contributed by atoms with Gasteiger partial charge in [0, 0.05) is 23.7 Å². The van der Waals surface area contributed by atoms with Gasteiger partial charge in [-0.1, -0.05) is 6.07 Å². The lowest BCUT2D eigenvalue weighted by Gasteiger charge is -2.27. The molecular weight excluding hydrogens is 406 g/mol. The van der Waals surface area contributed by atoms with E-state index in [2.05, 4.69) is 25.8 Å². The van der Waals surface area contributed by atoms with Gasteiger partial charge >= 0.3 is 6.09 Å². The fourth-order valence-corrected chi connectivity index (χ4v) is 5.51. The third-order valence-electron chi connectivity index (χ3n) is 5.45. The number of fused-ring (bicyclic) bond motifs is 1. The van der Waals surface area contributed by atoms with Crippen LogP contribution in [0.4, 0.5) is 16.4 Å². The summed E-state index contributed by atoms with van der Waals surface area (Å²) in [7, 11) is -3.07. The first-order valence-electron chi connectivity index (χ1n) is 10.3. The van der Waals surface area contributed by atoms with Gasteiger partial charge in [-0.25, -0.2) is 18.2 Å². The van der Waals surface area contributed by atoms with Crippen LogP contribution in [0.1, 0.15) is 62.4 Å². The molecule has 4 rings (SSSR count). The predicted molar refractivity (Wildman–Crippen MR) is 112 cm³/mol. The smallest absolute Gasteiger partial charge is 0.407 e. The number of H-pyrrole nitrogens is 1. The van der Waals surface area contributed by atoms with Gasteiger partial charge in [0.15, 0.2) is 15.7 Å². The number of sulfone groups is 1. The van der Waals surface area contributed by atoms with Crippen LogP contribution >= 0.6 is 0 Å². The van der Waals surface area contributed by atoms with Crippen molar-refractivity contribution in [3.63, 3.8) is 0 Å². The minimum absolute atomic E-state index is 0.00975. The van der Waals surface area contributed by atoms with Crippen LogP contribution < -0.4 is 10.6 Å². The second-order valence-corrected chi connectivity index (χ2v) is 10.4. The number of carbonyl (C=O) groups excluding carboxylic acids is 1. The lowest BCUT2D eigenvalue weighted by Crippen LogP contribution is -2.34. The summed E-state index contributed by atoms with van der Waals surface area (Å²) in [4.78, 5) is 16.2. The van der Waals surface area contributed by atoms with E-state index in [9.17, 15) is 13.2 Å². The zero-order chi connectivity index (χ0) is 21.3. The SMILES string of the molecule is CC(C)NC(=O)OC1CCC(c2cc(Nc3ccc4c(n3)CS(=O)(=O)C4)n[nH]2)CC1. The number of ether oxygens (including phenoxy) is 1. The molecule has 2 aromatic heterocycles. The molecule has 0 aromatic carbocycles. The van der Waals surface area contributed by atoms with Gasteiger partial charge in [-0.05, 0) is 51.2 Å². The molecule has 10 heteroatoms. The van der Waals surface area contributed by atoms with E-state index < -0.39 is 9.84 Å². The molecule has 0 atom stereocenters. The number of pyridine rings is 1. The second kappa shape index (κ2) is 8.25. The fourth-order valence-electron chi connectivity index (χ4n) is 4.01. The highest BCUT2D eigenvalue weighted by Gasteiger charge is 2.27. The van der Waals surface area contributed by atoms with E-state index in [0.717, 1.165) is 36.9 Å². The Bertz CT molecular complexity index is 1030. The summed E-state index contributed by atoms with van der Waals surface area (Å²) in [6, 6.07) is 5.61. The monoisotopic (exact) mass is 433 g/mol. The van der Waals surface area contributed by atoms with Crippen LogP contribution in [0.3, 0.4) is 0 Å². The lowest BCUT2D eigenvalue weighted by atomic mass is 9.85. The standard InChI is InChI=1S/C20H27N5O4S/c1-12(2)21-20(26)29-15-6-3-13(4-7-15)16-9-19(25-24-16)23-18-8-5-14-10-30(27,28)11-17(14)22-18/h5,8-9,12-13,15H,3-4,6-7,10-11H2,1-2H3,(H,21,26)(H2,22,23,24,25). The largest absolute Gasteiger partial charge is 0.446 e. The maximum atomic E-state index is 11.8. The molecule has 2 aromatic rings. The number of hydrogen-bond acceptors (Lipinski definition) is 7.